The number of aromatic nitrogens is 3. The second-order valence-corrected chi connectivity index (χ2v) is 6.79. The van der Waals surface area contributed by atoms with E-state index in [1.807, 2.05) is 43.5 Å². The Bertz CT molecular complexity index is 904. The first-order chi connectivity index (χ1) is 13.2. The van der Waals surface area contributed by atoms with Crippen molar-refractivity contribution in [3.63, 3.8) is 0 Å². The maximum Gasteiger partial charge on any atom is 0.229 e. The van der Waals surface area contributed by atoms with Crippen LogP contribution in [-0.2, 0) is 0 Å². The molecule has 1 aromatic carbocycles. The fourth-order valence-electron chi connectivity index (χ4n) is 3.31. The first-order valence-electron chi connectivity index (χ1n) is 9.28. The molecule has 0 amide bonds. The van der Waals surface area contributed by atoms with E-state index in [1.54, 1.807) is 0 Å². The van der Waals surface area contributed by atoms with E-state index in [1.165, 1.54) is 5.56 Å². The number of hydrogen-bond acceptors (Lipinski definition) is 6. The van der Waals surface area contributed by atoms with Crippen LogP contribution in [0.15, 0.2) is 54.7 Å². The number of anilines is 4. The molecule has 0 atom stereocenters. The van der Waals surface area contributed by atoms with E-state index in [-0.39, 0.29) is 0 Å². The summed E-state index contributed by atoms with van der Waals surface area (Å²) in [5.74, 6) is 2.66. The van der Waals surface area contributed by atoms with Gasteiger partial charge in [-0.1, -0.05) is 24.3 Å². The molecule has 0 aliphatic carbocycles. The van der Waals surface area contributed by atoms with Crippen molar-refractivity contribution in [3.05, 3.63) is 66.0 Å². The van der Waals surface area contributed by atoms with E-state index < -0.39 is 0 Å². The molecule has 0 bridgehead atoms. The molecule has 1 aliphatic rings. The third-order valence-electron chi connectivity index (χ3n) is 4.81. The van der Waals surface area contributed by atoms with Crippen molar-refractivity contribution in [2.75, 3.05) is 41.3 Å². The highest BCUT2D eigenvalue weighted by atomic mass is 15.3. The van der Waals surface area contributed by atoms with Gasteiger partial charge in [-0.25, -0.2) is 9.97 Å². The van der Waals surface area contributed by atoms with Gasteiger partial charge < -0.3 is 15.1 Å². The minimum atomic E-state index is 0.645. The minimum Gasteiger partial charge on any atom is -0.353 e. The zero-order valence-corrected chi connectivity index (χ0v) is 15.8. The number of nitrogens with one attached hydrogen (secondary N) is 1. The second kappa shape index (κ2) is 7.61. The number of hydrogen-bond donors (Lipinski definition) is 1. The summed E-state index contributed by atoms with van der Waals surface area (Å²) in [6.45, 7) is 7.78. The van der Waals surface area contributed by atoms with Gasteiger partial charge in [-0.3, -0.25) is 0 Å². The Balaban J connectivity index is 1.48. The van der Waals surface area contributed by atoms with E-state index in [2.05, 4.69) is 50.2 Å². The lowest BCUT2D eigenvalue weighted by Crippen LogP contribution is -2.47. The van der Waals surface area contributed by atoms with Gasteiger partial charge in [-0.05, 0) is 37.6 Å². The maximum absolute atomic E-state index is 4.76. The van der Waals surface area contributed by atoms with Crippen molar-refractivity contribution in [2.24, 2.45) is 0 Å². The Kier molecular flexibility index (Phi) is 4.87. The lowest BCUT2D eigenvalue weighted by atomic mass is 10.2. The number of benzene rings is 1. The molecule has 3 aromatic rings. The summed E-state index contributed by atoms with van der Waals surface area (Å²) in [5, 5.41) is 3.36. The summed E-state index contributed by atoms with van der Waals surface area (Å²) in [5.41, 5.74) is 3.17. The SMILES string of the molecule is Cc1cc(N2CCN(c3ccccn3)CC2)nc(Nc2ccccc2C)n1. The van der Waals surface area contributed by atoms with E-state index in [9.17, 15) is 0 Å². The smallest absolute Gasteiger partial charge is 0.229 e. The molecule has 0 unspecified atom stereocenters. The number of aryl methyl sites for hydroxylation is 2. The first-order valence-corrected chi connectivity index (χ1v) is 9.28. The molecule has 1 aliphatic heterocycles. The molecule has 0 spiro atoms. The van der Waals surface area contributed by atoms with Crippen LogP contribution < -0.4 is 15.1 Å². The van der Waals surface area contributed by atoms with Crippen LogP contribution in [0.25, 0.3) is 0 Å². The van der Waals surface area contributed by atoms with Gasteiger partial charge in [-0.2, -0.15) is 4.98 Å². The lowest BCUT2D eigenvalue weighted by Gasteiger charge is -2.36. The van der Waals surface area contributed by atoms with E-state index >= 15 is 0 Å². The number of piperazine rings is 1. The summed E-state index contributed by atoms with van der Waals surface area (Å²) in [4.78, 5) is 18.4. The summed E-state index contributed by atoms with van der Waals surface area (Å²) in [6.07, 6.45) is 1.85. The van der Waals surface area contributed by atoms with Crippen LogP contribution in [0.2, 0.25) is 0 Å². The topological polar surface area (TPSA) is 57.2 Å². The van der Waals surface area contributed by atoms with Crippen LogP contribution in [0.1, 0.15) is 11.3 Å². The largest absolute Gasteiger partial charge is 0.353 e. The highest BCUT2D eigenvalue weighted by Crippen LogP contribution is 2.22. The summed E-state index contributed by atoms with van der Waals surface area (Å²) < 4.78 is 0. The van der Waals surface area contributed by atoms with Gasteiger partial charge in [0.1, 0.15) is 11.6 Å². The predicted molar refractivity (Wildman–Crippen MR) is 110 cm³/mol. The van der Waals surface area contributed by atoms with Crippen LogP contribution >= 0.6 is 0 Å². The Morgan fingerprint density at radius 2 is 1.52 bits per heavy atom. The van der Waals surface area contributed by atoms with Crippen molar-refractivity contribution in [1.29, 1.82) is 0 Å². The molecule has 6 heteroatoms. The van der Waals surface area contributed by atoms with Gasteiger partial charge in [-0.15, -0.1) is 0 Å². The number of rotatable bonds is 4. The zero-order chi connectivity index (χ0) is 18.6. The van der Waals surface area contributed by atoms with Crippen molar-refractivity contribution in [2.45, 2.75) is 13.8 Å². The summed E-state index contributed by atoms with van der Waals surface area (Å²) in [7, 11) is 0. The average Bonchev–Trinajstić information content (AvgIpc) is 2.70. The van der Waals surface area contributed by atoms with Gasteiger partial charge in [0.25, 0.3) is 0 Å². The van der Waals surface area contributed by atoms with Crippen molar-refractivity contribution in [3.8, 4) is 0 Å². The summed E-state index contributed by atoms with van der Waals surface area (Å²) in [6, 6.07) is 16.3. The van der Waals surface area contributed by atoms with Crippen molar-refractivity contribution >= 4 is 23.3 Å². The number of pyridine rings is 1. The van der Waals surface area contributed by atoms with Gasteiger partial charge in [0, 0.05) is 49.8 Å². The number of nitrogens with zero attached hydrogens (tertiary/aromatic N) is 5. The third kappa shape index (κ3) is 4.00. The molecule has 1 saturated heterocycles. The molecule has 1 fully saturated rings. The van der Waals surface area contributed by atoms with Crippen molar-refractivity contribution < 1.29 is 0 Å². The van der Waals surface area contributed by atoms with Crippen LogP contribution in [0.5, 0.6) is 0 Å². The molecule has 27 heavy (non-hydrogen) atoms. The molecule has 138 valence electrons. The standard InChI is InChI=1S/C21H24N6/c1-16-7-3-4-8-18(16)24-21-23-17(2)15-20(25-21)27-13-11-26(12-14-27)19-9-5-6-10-22-19/h3-10,15H,11-14H2,1-2H3,(H,23,24,25). The highest BCUT2D eigenvalue weighted by Gasteiger charge is 2.20. The molecule has 3 heterocycles. The lowest BCUT2D eigenvalue weighted by molar-refractivity contribution is 0.641. The monoisotopic (exact) mass is 360 g/mol. The van der Waals surface area contributed by atoms with Crippen LogP contribution in [0.4, 0.5) is 23.3 Å². The van der Waals surface area contributed by atoms with Crippen LogP contribution in [-0.4, -0.2) is 41.1 Å². The molecule has 2 aromatic heterocycles. The van der Waals surface area contributed by atoms with E-state index in [0.717, 1.165) is 49.2 Å². The molecular formula is C21H24N6. The van der Waals surface area contributed by atoms with E-state index in [0.29, 0.717) is 5.95 Å². The number of para-hydroxylation sites is 1. The maximum atomic E-state index is 4.76. The second-order valence-electron chi connectivity index (χ2n) is 6.79. The Labute approximate surface area is 159 Å². The fourth-order valence-corrected chi connectivity index (χ4v) is 3.31. The molecule has 6 nitrogen and oxygen atoms in total. The van der Waals surface area contributed by atoms with Gasteiger partial charge in [0.15, 0.2) is 0 Å². The summed E-state index contributed by atoms with van der Waals surface area (Å²) >= 11 is 0. The average molecular weight is 360 g/mol. The first kappa shape index (κ1) is 17.3. The molecule has 0 radical (unpaired) electrons. The quantitative estimate of drug-likeness (QED) is 0.768. The molecular weight excluding hydrogens is 336 g/mol. The minimum absolute atomic E-state index is 0.645. The Morgan fingerprint density at radius 3 is 2.22 bits per heavy atom. The molecule has 4 rings (SSSR count). The molecule has 1 N–H and O–H groups in total. The Morgan fingerprint density at radius 1 is 0.815 bits per heavy atom. The van der Waals surface area contributed by atoms with Crippen molar-refractivity contribution in [1.82, 2.24) is 15.0 Å². The van der Waals surface area contributed by atoms with Crippen LogP contribution in [0.3, 0.4) is 0 Å². The third-order valence-corrected chi connectivity index (χ3v) is 4.81. The molecule has 0 saturated carbocycles. The van der Waals surface area contributed by atoms with Crippen LogP contribution in [0, 0.1) is 13.8 Å². The van der Waals surface area contributed by atoms with Gasteiger partial charge in [0.2, 0.25) is 5.95 Å². The predicted octanol–water partition coefficient (Wildman–Crippen LogP) is 3.56. The fraction of sp³-hybridized carbons (Fsp3) is 0.286. The van der Waals surface area contributed by atoms with E-state index in [4.69, 9.17) is 4.98 Å². The van der Waals surface area contributed by atoms with Gasteiger partial charge in [0.05, 0.1) is 0 Å². The normalized spacial score (nSPS) is 14.3. The zero-order valence-electron chi connectivity index (χ0n) is 15.8. The highest BCUT2D eigenvalue weighted by molar-refractivity contribution is 5.59. The Hall–Kier alpha value is -3.15. The van der Waals surface area contributed by atoms with Gasteiger partial charge >= 0.3 is 0 Å².